The highest BCUT2D eigenvalue weighted by molar-refractivity contribution is 6.04. The lowest BCUT2D eigenvalue weighted by molar-refractivity contribution is -0.172. The Hall–Kier alpha value is -2.50. The number of carbonyl (C=O) groups is 4. The number of benzene rings is 1. The molecule has 2 amide bonds. The van der Waals surface area contributed by atoms with Crippen LogP contribution in [0.3, 0.4) is 0 Å². The maximum atomic E-state index is 11.7. The smallest absolute Gasteiger partial charge is 0.325 e. The van der Waals surface area contributed by atoms with Gasteiger partial charge in [0.05, 0.1) is 5.56 Å². The van der Waals surface area contributed by atoms with Gasteiger partial charge in [0.2, 0.25) is 0 Å². The number of nitrogens with zero attached hydrogens (tertiary/aromatic N) is 1. The van der Waals surface area contributed by atoms with Gasteiger partial charge in [0.15, 0.2) is 6.29 Å². The van der Waals surface area contributed by atoms with Gasteiger partial charge in [0.25, 0.3) is 11.8 Å². The lowest BCUT2D eigenvalue weighted by atomic mass is 10.1. The molecule has 6 heteroatoms. The van der Waals surface area contributed by atoms with E-state index in [0.29, 0.717) is 11.3 Å². The van der Waals surface area contributed by atoms with Crippen LogP contribution in [-0.2, 0) is 14.4 Å². The van der Waals surface area contributed by atoms with Gasteiger partial charge in [-0.3, -0.25) is 14.4 Å². The third-order valence-corrected chi connectivity index (χ3v) is 2.49. The maximum Gasteiger partial charge on any atom is 0.364 e. The quantitative estimate of drug-likeness (QED) is 0.580. The molecule has 1 aliphatic rings. The van der Waals surface area contributed by atoms with Crippen molar-refractivity contribution in [2.45, 2.75) is 12.8 Å². The van der Waals surface area contributed by atoms with E-state index in [4.69, 9.17) is 4.84 Å². The van der Waals surface area contributed by atoms with E-state index in [-0.39, 0.29) is 24.0 Å². The summed E-state index contributed by atoms with van der Waals surface area (Å²) >= 11 is 0. The lowest BCUT2D eigenvalue weighted by Gasteiger charge is -2.13. The van der Waals surface area contributed by atoms with E-state index in [1.54, 1.807) is 12.1 Å². The van der Waals surface area contributed by atoms with E-state index in [1.807, 2.05) is 0 Å². The number of amides is 2. The van der Waals surface area contributed by atoms with Crippen LogP contribution in [0.5, 0.6) is 0 Å². The predicted octanol–water partition coefficient (Wildman–Crippen LogP) is 0.720. The molecule has 0 spiro atoms. The molecule has 92 valence electrons. The maximum absolute atomic E-state index is 11.7. The summed E-state index contributed by atoms with van der Waals surface area (Å²) in [4.78, 5) is 49.7. The number of aldehydes is 1. The molecule has 1 heterocycles. The van der Waals surface area contributed by atoms with E-state index in [1.165, 1.54) is 12.1 Å². The van der Waals surface area contributed by atoms with Crippen LogP contribution in [0.15, 0.2) is 24.3 Å². The van der Waals surface area contributed by atoms with Crippen molar-refractivity contribution < 1.29 is 24.0 Å². The number of carbonyl (C=O) groups excluding carboxylic acids is 4. The highest BCUT2D eigenvalue weighted by Crippen LogP contribution is 2.15. The van der Waals surface area contributed by atoms with Crippen molar-refractivity contribution in [3.63, 3.8) is 0 Å². The SMILES string of the molecule is O=Cc1ccccc1C(=O)ON1C(=O)CCC1=O. The fourth-order valence-corrected chi connectivity index (χ4v) is 1.58. The van der Waals surface area contributed by atoms with Gasteiger partial charge in [0, 0.05) is 18.4 Å². The van der Waals surface area contributed by atoms with Crippen LogP contribution in [0.2, 0.25) is 0 Å². The Bertz CT molecular complexity index is 521. The Morgan fingerprint density at radius 1 is 1.17 bits per heavy atom. The molecule has 0 bridgehead atoms. The van der Waals surface area contributed by atoms with Crippen molar-refractivity contribution in [1.82, 2.24) is 5.06 Å². The second-order valence-electron chi connectivity index (χ2n) is 3.67. The third-order valence-electron chi connectivity index (χ3n) is 2.49. The van der Waals surface area contributed by atoms with Crippen LogP contribution in [-0.4, -0.2) is 29.1 Å². The number of rotatable bonds is 3. The van der Waals surface area contributed by atoms with Gasteiger partial charge in [-0.05, 0) is 6.07 Å². The number of imide groups is 1. The minimum Gasteiger partial charge on any atom is -0.325 e. The van der Waals surface area contributed by atoms with Gasteiger partial charge in [-0.15, -0.1) is 5.06 Å². The van der Waals surface area contributed by atoms with Gasteiger partial charge < -0.3 is 4.84 Å². The normalized spacial score (nSPS) is 14.8. The first-order valence-corrected chi connectivity index (χ1v) is 5.26. The summed E-state index contributed by atoms with van der Waals surface area (Å²) in [7, 11) is 0. The van der Waals surface area contributed by atoms with Gasteiger partial charge in [0.1, 0.15) is 0 Å². The molecule has 0 saturated carbocycles. The largest absolute Gasteiger partial charge is 0.364 e. The first kappa shape index (κ1) is 12.0. The predicted molar refractivity (Wildman–Crippen MR) is 58.3 cm³/mol. The van der Waals surface area contributed by atoms with E-state index in [9.17, 15) is 19.2 Å². The summed E-state index contributed by atoms with van der Waals surface area (Å²) in [6.45, 7) is 0. The van der Waals surface area contributed by atoms with Crippen molar-refractivity contribution >= 4 is 24.1 Å². The Labute approximate surface area is 102 Å². The van der Waals surface area contributed by atoms with E-state index in [2.05, 4.69) is 0 Å². The number of hydrogen-bond acceptors (Lipinski definition) is 5. The highest BCUT2D eigenvalue weighted by Gasteiger charge is 2.33. The van der Waals surface area contributed by atoms with Crippen molar-refractivity contribution in [2.75, 3.05) is 0 Å². The molecule has 1 fully saturated rings. The summed E-state index contributed by atoms with van der Waals surface area (Å²) in [6, 6.07) is 5.97. The molecule has 1 saturated heterocycles. The minimum absolute atomic E-state index is 0.0139. The molecule has 0 radical (unpaired) electrons. The molecule has 18 heavy (non-hydrogen) atoms. The topological polar surface area (TPSA) is 80.8 Å². The zero-order valence-corrected chi connectivity index (χ0v) is 9.29. The highest BCUT2D eigenvalue weighted by atomic mass is 16.7. The summed E-state index contributed by atoms with van der Waals surface area (Å²) in [5.41, 5.74) is 0.154. The average Bonchev–Trinajstić information content (AvgIpc) is 2.70. The van der Waals surface area contributed by atoms with Gasteiger partial charge in [-0.2, -0.15) is 0 Å². The lowest BCUT2D eigenvalue weighted by Crippen LogP contribution is -2.32. The zero-order valence-electron chi connectivity index (χ0n) is 9.29. The molecular weight excluding hydrogens is 238 g/mol. The zero-order chi connectivity index (χ0) is 13.1. The Morgan fingerprint density at radius 2 is 1.78 bits per heavy atom. The van der Waals surface area contributed by atoms with Crippen LogP contribution in [0, 0.1) is 0 Å². The second-order valence-corrected chi connectivity index (χ2v) is 3.67. The fraction of sp³-hybridized carbons (Fsp3) is 0.167. The molecule has 0 aromatic heterocycles. The standard InChI is InChI=1S/C12H9NO5/c14-7-8-3-1-2-4-9(8)12(17)18-13-10(15)5-6-11(13)16/h1-4,7H,5-6H2. The summed E-state index contributed by atoms with van der Waals surface area (Å²) in [6.07, 6.45) is 0.563. The van der Waals surface area contributed by atoms with Crippen molar-refractivity contribution in [3.05, 3.63) is 35.4 Å². The van der Waals surface area contributed by atoms with Crippen molar-refractivity contribution in [2.24, 2.45) is 0 Å². The van der Waals surface area contributed by atoms with Gasteiger partial charge >= 0.3 is 5.97 Å². The van der Waals surface area contributed by atoms with Crippen LogP contribution in [0.4, 0.5) is 0 Å². The van der Waals surface area contributed by atoms with Gasteiger partial charge in [-0.1, -0.05) is 18.2 Å². The summed E-state index contributed by atoms with van der Waals surface area (Å²) in [5, 5.41) is 0.448. The van der Waals surface area contributed by atoms with Crippen LogP contribution in [0.1, 0.15) is 33.6 Å². The number of hydroxylamine groups is 2. The molecule has 6 nitrogen and oxygen atoms in total. The van der Waals surface area contributed by atoms with Crippen LogP contribution >= 0.6 is 0 Å². The number of hydrogen-bond donors (Lipinski definition) is 0. The summed E-state index contributed by atoms with van der Waals surface area (Å²) < 4.78 is 0. The molecule has 1 aliphatic heterocycles. The van der Waals surface area contributed by atoms with Crippen molar-refractivity contribution in [1.29, 1.82) is 0 Å². The van der Waals surface area contributed by atoms with Crippen LogP contribution < -0.4 is 0 Å². The average molecular weight is 247 g/mol. The van der Waals surface area contributed by atoms with Gasteiger partial charge in [-0.25, -0.2) is 4.79 Å². The Kier molecular flexibility index (Phi) is 3.18. The van der Waals surface area contributed by atoms with E-state index < -0.39 is 17.8 Å². The molecule has 0 atom stereocenters. The van der Waals surface area contributed by atoms with Crippen molar-refractivity contribution in [3.8, 4) is 0 Å². The molecule has 2 rings (SSSR count). The molecule has 0 aliphatic carbocycles. The molecular formula is C12H9NO5. The third kappa shape index (κ3) is 2.13. The fourth-order valence-electron chi connectivity index (χ4n) is 1.58. The van der Waals surface area contributed by atoms with E-state index >= 15 is 0 Å². The first-order chi connectivity index (χ1) is 8.63. The summed E-state index contributed by atoms with van der Waals surface area (Å²) in [5.74, 6) is -2.02. The molecule has 0 unspecified atom stereocenters. The first-order valence-electron chi connectivity index (χ1n) is 5.26. The molecule has 1 aromatic rings. The minimum atomic E-state index is -0.902. The monoisotopic (exact) mass is 247 g/mol. The molecule has 1 aromatic carbocycles. The second kappa shape index (κ2) is 4.79. The van der Waals surface area contributed by atoms with Crippen LogP contribution in [0.25, 0.3) is 0 Å². The Morgan fingerprint density at radius 3 is 2.39 bits per heavy atom. The van der Waals surface area contributed by atoms with E-state index in [0.717, 1.165) is 0 Å². The Balaban J connectivity index is 2.19. The molecule has 0 N–H and O–H groups in total.